The Morgan fingerprint density at radius 3 is 2.07 bits per heavy atom. The van der Waals surface area contributed by atoms with Crippen LogP contribution in [0.15, 0.2) is 24.3 Å². The Hall–Kier alpha value is -1.09. The Bertz CT molecular complexity index is 390. The van der Waals surface area contributed by atoms with Crippen molar-refractivity contribution in [2.45, 2.75) is 110 Å². The van der Waals surface area contributed by atoms with Crippen molar-refractivity contribution < 1.29 is 9.90 Å². The summed E-state index contributed by atoms with van der Waals surface area (Å²) in [5, 5.41) is 12.3. The standard InChI is InChI=1S/C24H45NO2/c1-4-6-7-8-9-10-11-12-13-14-15-16-17-18-19-20-24(27)25-23(21-26)22(3)5-2/h9-10,12-13,22-23,26H,4-8,11,14-21H2,1-3H3,(H,25,27)/t22-,23+/m0/s1. The van der Waals surface area contributed by atoms with Crippen LogP contribution in [-0.2, 0) is 4.79 Å². The van der Waals surface area contributed by atoms with Crippen molar-refractivity contribution in [1.82, 2.24) is 5.32 Å². The number of rotatable bonds is 18. The fraction of sp³-hybridized carbons (Fsp3) is 0.792. The number of unbranched alkanes of at least 4 members (excludes halogenated alkanes) is 8. The Balaban J connectivity index is 3.48. The van der Waals surface area contributed by atoms with E-state index in [4.69, 9.17) is 0 Å². The van der Waals surface area contributed by atoms with Crippen molar-refractivity contribution in [1.29, 1.82) is 0 Å². The highest BCUT2D eigenvalue weighted by molar-refractivity contribution is 5.76. The van der Waals surface area contributed by atoms with Crippen LogP contribution in [0.2, 0.25) is 0 Å². The SMILES string of the molecule is CCCCCC=CCC=CCCCCCCCC(=O)N[C@H](CO)[C@@H](C)CC. The van der Waals surface area contributed by atoms with Crippen LogP contribution in [0.25, 0.3) is 0 Å². The van der Waals surface area contributed by atoms with Crippen molar-refractivity contribution in [3.63, 3.8) is 0 Å². The molecule has 0 aromatic rings. The van der Waals surface area contributed by atoms with Crippen LogP contribution >= 0.6 is 0 Å². The minimum absolute atomic E-state index is 0.0307. The molecule has 0 unspecified atom stereocenters. The lowest BCUT2D eigenvalue weighted by molar-refractivity contribution is -0.122. The van der Waals surface area contributed by atoms with E-state index < -0.39 is 0 Å². The fourth-order valence-corrected chi connectivity index (χ4v) is 3.03. The summed E-state index contributed by atoms with van der Waals surface area (Å²) < 4.78 is 0. The number of amides is 1. The Kier molecular flexibility index (Phi) is 18.9. The van der Waals surface area contributed by atoms with Gasteiger partial charge in [0.2, 0.25) is 5.91 Å². The number of hydrogen-bond donors (Lipinski definition) is 2. The second kappa shape index (κ2) is 19.7. The largest absolute Gasteiger partial charge is 0.394 e. The lowest BCUT2D eigenvalue weighted by atomic mass is 9.99. The first-order valence-corrected chi connectivity index (χ1v) is 11.4. The van der Waals surface area contributed by atoms with Crippen LogP contribution in [0, 0.1) is 5.92 Å². The first kappa shape index (κ1) is 25.9. The number of aliphatic hydroxyl groups excluding tert-OH is 1. The topological polar surface area (TPSA) is 49.3 Å². The fourth-order valence-electron chi connectivity index (χ4n) is 3.03. The molecule has 0 fully saturated rings. The van der Waals surface area contributed by atoms with Gasteiger partial charge in [0.25, 0.3) is 0 Å². The number of allylic oxidation sites excluding steroid dienone is 4. The summed E-state index contributed by atoms with van der Waals surface area (Å²) in [6.07, 6.45) is 23.9. The van der Waals surface area contributed by atoms with Gasteiger partial charge in [-0.25, -0.2) is 0 Å². The lowest BCUT2D eigenvalue weighted by Crippen LogP contribution is -2.41. The zero-order valence-electron chi connectivity index (χ0n) is 18.2. The quantitative estimate of drug-likeness (QED) is 0.216. The maximum Gasteiger partial charge on any atom is 0.220 e. The molecular formula is C24H45NO2. The average Bonchev–Trinajstić information content (AvgIpc) is 2.68. The summed E-state index contributed by atoms with van der Waals surface area (Å²) >= 11 is 0. The van der Waals surface area contributed by atoms with Crippen LogP contribution in [-0.4, -0.2) is 23.7 Å². The smallest absolute Gasteiger partial charge is 0.220 e. The highest BCUT2D eigenvalue weighted by Gasteiger charge is 2.16. The molecule has 0 heterocycles. The summed E-state index contributed by atoms with van der Waals surface area (Å²) in [6, 6.07) is -0.0968. The van der Waals surface area contributed by atoms with Crippen molar-refractivity contribution in [3.8, 4) is 0 Å². The van der Waals surface area contributed by atoms with E-state index in [9.17, 15) is 9.90 Å². The Morgan fingerprint density at radius 1 is 0.889 bits per heavy atom. The van der Waals surface area contributed by atoms with E-state index in [2.05, 4.69) is 50.4 Å². The molecule has 0 aliphatic carbocycles. The number of carbonyl (C=O) groups excluding carboxylic acids is 1. The maximum absolute atomic E-state index is 11.9. The predicted molar refractivity (Wildman–Crippen MR) is 118 cm³/mol. The first-order chi connectivity index (χ1) is 13.2. The monoisotopic (exact) mass is 379 g/mol. The molecule has 0 aliphatic rings. The number of nitrogens with one attached hydrogen (secondary N) is 1. The third-order valence-corrected chi connectivity index (χ3v) is 5.23. The van der Waals surface area contributed by atoms with Crippen molar-refractivity contribution in [3.05, 3.63) is 24.3 Å². The Labute approximate surface area is 168 Å². The van der Waals surface area contributed by atoms with E-state index in [-0.39, 0.29) is 18.6 Å². The summed E-state index contributed by atoms with van der Waals surface area (Å²) in [6.45, 7) is 6.42. The highest BCUT2D eigenvalue weighted by Crippen LogP contribution is 2.10. The van der Waals surface area contributed by atoms with E-state index in [1.165, 1.54) is 44.9 Å². The van der Waals surface area contributed by atoms with Crippen LogP contribution in [0.5, 0.6) is 0 Å². The number of hydrogen-bond acceptors (Lipinski definition) is 2. The number of carbonyl (C=O) groups is 1. The molecule has 0 saturated heterocycles. The van der Waals surface area contributed by atoms with Crippen molar-refractivity contribution in [2.75, 3.05) is 6.61 Å². The minimum Gasteiger partial charge on any atom is -0.394 e. The molecule has 2 N–H and O–H groups in total. The van der Waals surface area contributed by atoms with E-state index in [0.29, 0.717) is 12.3 Å². The molecule has 1 amide bonds. The molecule has 0 radical (unpaired) electrons. The maximum atomic E-state index is 11.9. The van der Waals surface area contributed by atoms with Gasteiger partial charge in [-0.3, -0.25) is 4.79 Å². The summed E-state index contributed by atoms with van der Waals surface area (Å²) in [5.74, 6) is 0.406. The zero-order valence-corrected chi connectivity index (χ0v) is 18.2. The van der Waals surface area contributed by atoms with Gasteiger partial charge in [0, 0.05) is 6.42 Å². The third kappa shape index (κ3) is 16.8. The van der Waals surface area contributed by atoms with Gasteiger partial charge in [-0.2, -0.15) is 0 Å². The molecule has 0 spiro atoms. The molecule has 3 nitrogen and oxygen atoms in total. The first-order valence-electron chi connectivity index (χ1n) is 11.4. The van der Waals surface area contributed by atoms with E-state index in [1.807, 2.05) is 0 Å². The molecule has 0 aromatic heterocycles. The molecular weight excluding hydrogens is 334 g/mol. The number of aliphatic hydroxyl groups is 1. The van der Waals surface area contributed by atoms with Gasteiger partial charge in [0.15, 0.2) is 0 Å². The molecule has 0 saturated carbocycles. The van der Waals surface area contributed by atoms with Gasteiger partial charge < -0.3 is 10.4 Å². The third-order valence-electron chi connectivity index (χ3n) is 5.23. The van der Waals surface area contributed by atoms with Gasteiger partial charge >= 0.3 is 0 Å². The van der Waals surface area contributed by atoms with Crippen LogP contribution < -0.4 is 5.32 Å². The van der Waals surface area contributed by atoms with Crippen LogP contribution in [0.3, 0.4) is 0 Å². The van der Waals surface area contributed by atoms with Gasteiger partial charge in [-0.1, -0.05) is 83.6 Å². The summed E-state index contributed by atoms with van der Waals surface area (Å²) in [7, 11) is 0. The molecule has 0 aliphatic heterocycles. The summed E-state index contributed by atoms with van der Waals surface area (Å²) in [4.78, 5) is 11.9. The van der Waals surface area contributed by atoms with Crippen LogP contribution in [0.1, 0.15) is 104 Å². The molecule has 0 rings (SSSR count). The van der Waals surface area contributed by atoms with Crippen molar-refractivity contribution >= 4 is 5.91 Å². The second-order valence-corrected chi connectivity index (χ2v) is 7.72. The zero-order chi connectivity index (χ0) is 20.2. The Morgan fingerprint density at radius 2 is 1.48 bits per heavy atom. The predicted octanol–water partition coefficient (Wildman–Crippen LogP) is 6.32. The molecule has 0 aromatic carbocycles. The van der Waals surface area contributed by atoms with E-state index >= 15 is 0 Å². The average molecular weight is 380 g/mol. The second-order valence-electron chi connectivity index (χ2n) is 7.72. The van der Waals surface area contributed by atoms with E-state index in [1.54, 1.807) is 0 Å². The van der Waals surface area contributed by atoms with Gasteiger partial charge in [-0.05, 0) is 44.4 Å². The van der Waals surface area contributed by atoms with Crippen LogP contribution in [0.4, 0.5) is 0 Å². The molecule has 158 valence electrons. The highest BCUT2D eigenvalue weighted by atomic mass is 16.3. The lowest BCUT2D eigenvalue weighted by Gasteiger charge is -2.22. The molecule has 3 heteroatoms. The molecule has 2 atom stereocenters. The van der Waals surface area contributed by atoms with E-state index in [0.717, 1.165) is 32.1 Å². The molecule has 27 heavy (non-hydrogen) atoms. The molecule has 0 bridgehead atoms. The van der Waals surface area contributed by atoms with Crippen molar-refractivity contribution in [2.24, 2.45) is 5.92 Å². The summed E-state index contributed by atoms with van der Waals surface area (Å²) in [5.41, 5.74) is 0. The van der Waals surface area contributed by atoms with Gasteiger partial charge in [0.1, 0.15) is 0 Å². The minimum atomic E-state index is -0.0968. The van der Waals surface area contributed by atoms with Gasteiger partial charge in [0.05, 0.1) is 12.6 Å². The van der Waals surface area contributed by atoms with Gasteiger partial charge in [-0.15, -0.1) is 0 Å². The normalized spacial score (nSPS) is 14.1.